The molecule has 0 amide bonds. The second-order valence-electron chi connectivity index (χ2n) is 5.40. The van der Waals surface area contributed by atoms with E-state index in [4.69, 9.17) is 4.74 Å². The molecule has 3 aromatic rings. The van der Waals surface area contributed by atoms with Crippen molar-refractivity contribution >= 4 is 21.6 Å². The van der Waals surface area contributed by atoms with E-state index in [1.165, 1.54) is 11.3 Å². The lowest BCUT2D eigenvalue weighted by molar-refractivity contribution is 0.336. The fourth-order valence-corrected chi connectivity index (χ4v) is 3.41. The lowest BCUT2D eigenvalue weighted by Gasteiger charge is -2.12. The zero-order chi connectivity index (χ0) is 16.4. The zero-order valence-corrected chi connectivity index (χ0v) is 14.2. The molecule has 3 rings (SSSR count). The fraction of sp³-hybridized carbons (Fsp3) is 0.294. The highest BCUT2D eigenvalue weighted by molar-refractivity contribution is 7.17. The van der Waals surface area contributed by atoms with E-state index >= 15 is 0 Å². The molecule has 120 valence electrons. The largest absolute Gasteiger partial charge is 0.497 e. The number of methoxy groups -OCH3 is 1. The number of nitrogens with one attached hydrogen (secondary N) is 1. The summed E-state index contributed by atoms with van der Waals surface area (Å²) in [7, 11) is 3.63. The summed E-state index contributed by atoms with van der Waals surface area (Å²) in [6, 6.07) is 7.71. The summed E-state index contributed by atoms with van der Waals surface area (Å²) in [4.78, 5) is 22.9. The van der Waals surface area contributed by atoms with Gasteiger partial charge in [0.1, 0.15) is 16.4 Å². The number of benzene rings is 1. The molecule has 0 saturated carbocycles. The van der Waals surface area contributed by atoms with Crippen LogP contribution < -0.4 is 10.3 Å². The zero-order valence-electron chi connectivity index (χ0n) is 13.4. The van der Waals surface area contributed by atoms with Gasteiger partial charge in [-0.3, -0.25) is 9.69 Å². The third-order valence-electron chi connectivity index (χ3n) is 3.83. The standard InChI is InChI=1S/C17H19N3O2S/c1-4-20(2)9-14-18-16(21)15-13(10-23-17(15)19-14)11-6-5-7-12(8-11)22-3/h5-8,10H,4,9H2,1-3H3,(H,18,19,21). The molecule has 0 atom stereocenters. The number of hydrogen-bond donors (Lipinski definition) is 1. The molecule has 0 saturated heterocycles. The third kappa shape index (κ3) is 3.13. The van der Waals surface area contributed by atoms with Crippen LogP contribution in [0.4, 0.5) is 0 Å². The van der Waals surface area contributed by atoms with Crippen molar-refractivity contribution in [3.8, 4) is 16.9 Å². The SMILES string of the molecule is CCN(C)Cc1nc2scc(-c3cccc(OC)c3)c2c(=O)[nH]1. The Hall–Kier alpha value is -2.18. The Morgan fingerprint density at radius 3 is 2.96 bits per heavy atom. The maximum Gasteiger partial charge on any atom is 0.260 e. The summed E-state index contributed by atoms with van der Waals surface area (Å²) in [6.45, 7) is 3.61. The first-order valence-electron chi connectivity index (χ1n) is 7.45. The minimum absolute atomic E-state index is 0.0893. The highest BCUT2D eigenvalue weighted by atomic mass is 32.1. The van der Waals surface area contributed by atoms with Gasteiger partial charge in [0.25, 0.3) is 5.56 Å². The number of aromatic amines is 1. The molecule has 1 aromatic carbocycles. The molecule has 0 bridgehead atoms. The van der Waals surface area contributed by atoms with Crippen molar-refractivity contribution in [1.82, 2.24) is 14.9 Å². The molecule has 0 aliphatic carbocycles. The maximum atomic E-state index is 12.5. The van der Waals surface area contributed by atoms with E-state index in [1.807, 2.05) is 36.7 Å². The second kappa shape index (κ2) is 6.52. The summed E-state index contributed by atoms with van der Waals surface area (Å²) in [5, 5.41) is 2.63. The number of fused-ring (bicyclic) bond motifs is 1. The Balaban J connectivity index is 2.08. The van der Waals surface area contributed by atoms with E-state index in [9.17, 15) is 4.79 Å². The monoisotopic (exact) mass is 329 g/mol. The number of nitrogens with zero attached hydrogens (tertiary/aromatic N) is 2. The van der Waals surface area contributed by atoms with Crippen molar-refractivity contribution in [3.63, 3.8) is 0 Å². The van der Waals surface area contributed by atoms with Crippen molar-refractivity contribution in [1.29, 1.82) is 0 Å². The Bertz CT molecular complexity index is 885. The van der Waals surface area contributed by atoms with Gasteiger partial charge in [-0.15, -0.1) is 11.3 Å². The van der Waals surface area contributed by atoms with Gasteiger partial charge in [0.15, 0.2) is 0 Å². The lowest BCUT2D eigenvalue weighted by atomic mass is 10.1. The van der Waals surface area contributed by atoms with Gasteiger partial charge in [0, 0.05) is 10.9 Å². The molecular formula is C17H19N3O2S. The van der Waals surface area contributed by atoms with Gasteiger partial charge in [-0.2, -0.15) is 0 Å². The van der Waals surface area contributed by atoms with E-state index in [0.717, 1.165) is 28.3 Å². The minimum Gasteiger partial charge on any atom is -0.497 e. The first-order chi connectivity index (χ1) is 11.1. The number of aromatic nitrogens is 2. The molecule has 2 aromatic heterocycles. The molecular weight excluding hydrogens is 310 g/mol. The summed E-state index contributed by atoms with van der Waals surface area (Å²) in [5.74, 6) is 1.47. The molecule has 23 heavy (non-hydrogen) atoms. The molecule has 0 aliphatic rings. The van der Waals surface area contributed by atoms with Gasteiger partial charge in [-0.1, -0.05) is 19.1 Å². The Labute approximate surface area is 138 Å². The molecule has 0 aliphatic heterocycles. The first kappa shape index (κ1) is 15.7. The Morgan fingerprint density at radius 1 is 1.39 bits per heavy atom. The average Bonchev–Trinajstić information content (AvgIpc) is 2.99. The van der Waals surface area contributed by atoms with Crippen LogP contribution in [-0.2, 0) is 6.54 Å². The van der Waals surface area contributed by atoms with Crippen LogP contribution in [0.3, 0.4) is 0 Å². The third-order valence-corrected chi connectivity index (χ3v) is 4.71. The van der Waals surface area contributed by atoms with Crippen molar-refractivity contribution < 1.29 is 4.74 Å². The molecule has 2 heterocycles. The molecule has 0 radical (unpaired) electrons. The predicted octanol–water partition coefficient (Wildman–Crippen LogP) is 3.11. The van der Waals surface area contributed by atoms with Gasteiger partial charge in [-0.25, -0.2) is 4.98 Å². The van der Waals surface area contributed by atoms with E-state index in [1.54, 1.807) is 7.11 Å². The van der Waals surface area contributed by atoms with Crippen molar-refractivity contribution in [2.24, 2.45) is 0 Å². The van der Waals surface area contributed by atoms with Gasteiger partial charge in [-0.05, 0) is 31.3 Å². The van der Waals surface area contributed by atoms with Crippen LogP contribution in [0.2, 0.25) is 0 Å². The number of ether oxygens (including phenoxy) is 1. The van der Waals surface area contributed by atoms with Crippen molar-refractivity contribution in [3.05, 3.63) is 45.8 Å². The molecule has 0 spiro atoms. The number of thiophene rings is 1. The van der Waals surface area contributed by atoms with Gasteiger partial charge in [0.2, 0.25) is 0 Å². The summed E-state index contributed by atoms with van der Waals surface area (Å²) < 4.78 is 5.27. The van der Waals surface area contributed by atoms with E-state index < -0.39 is 0 Å². The second-order valence-corrected chi connectivity index (χ2v) is 6.26. The maximum absolute atomic E-state index is 12.5. The smallest absolute Gasteiger partial charge is 0.260 e. The van der Waals surface area contributed by atoms with Crippen LogP contribution >= 0.6 is 11.3 Å². The van der Waals surface area contributed by atoms with E-state index in [-0.39, 0.29) is 5.56 Å². The molecule has 1 N–H and O–H groups in total. The number of H-pyrrole nitrogens is 1. The van der Waals surface area contributed by atoms with Crippen molar-refractivity contribution in [2.75, 3.05) is 20.7 Å². The normalized spacial score (nSPS) is 11.3. The van der Waals surface area contributed by atoms with Crippen LogP contribution in [0.1, 0.15) is 12.7 Å². The van der Waals surface area contributed by atoms with Crippen LogP contribution in [0.5, 0.6) is 5.75 Å². The predicted molar refractivity (Wildman–Crippen MR) is 94.2 cm³/mol. The fourth-order valence-electron chi connectivity index (χ4n) is 2.44. The topological polar surface area (TPSA) is 58.2 Å². The first-order valence-corrected chi connectivity index (χ1v) is 8.33. The average molecular weight is 329 g/mol. The molecule has 0 unspecified atom stereocenters. The minimum atomic E-state index is -0.0893. The van der Waals surface area contributed by atoms with Gasteiger partial charge >= 0.3 is 0 Å². The highest BCUT2D eigenvalue weighted by Gasteiger charge is 2.14. The van der Waals surface area contributed by atoms with Crippen LogP contribution in [0.15, 0.2) is 34.4 Å². The van der Waals surface area contributed by atoms with Crippen LogP contribution in [0, 0.1) is 0 Å². The Kier molecular flexibility index (Phi) is 4.45. The number of hydrogen-bond acceptors (Lipinski definition) is 5. The van der Waals surface area contributed by atoms with Crippen molar-refractivity contribution in [2.45, 2.75) is 13.5 Å². The van der Waals surface area contributed by atoms with Gasteiger partial charge in [0.05, 0.1) is 19.0 Å². The van der Waals surface area contributed by atoms with Gasteiger partial charge < -0.3 is 9.72 Å². The lowest BCUT2D eigenvalue weighted by Crippen LogP contribution is -2.21. The number of rotatable bonds is 5. The molecule has 5 nitrogen and oxygen atoms in total. The Morgan fingerprint density at radius 2 is 2.22 bits per heavy atom. The van der Waals surface area contributed by atoms with Crippen LogP contribution in [0.25, 0.3) is 21.3 Å². The highest BCUT2D eigenvalue weighted by Crippen LogP contribution is 2.32. The summed E-state index contributed by atoms with van der Waals surface area (Å²) >= 11 is 1.49. The quantitative estimate of drug-likeness (QED) is 0.781. The molecule has 0 fully saturated rings. The van der Waals surface area contributed by atoms with Crippen LogP contribution in [-0.4, -0.2) is 35.6 Å². The summed E-state index contributed by atoms with van der Waals surface area (Å²) in [5.41, 5.74) is 1.77. The summed E-state index contributed by atoms with van der Waals surface area (Å²) in [6.07, 6.45) is 0. The molecule has 6 heteroatoms. The van der Waals surface area contributed by atoms with E-state index in [2.05, 4.69) is 21.8 Å². The van der Waals surface area contributed by atoms with E-state index in [0.29, 0.717) is 17.8 Å².